The van der Waals surface area contributed by atoms with Crippen LogP contribution in [0.3, 0.4) is 0 Å². The first kappa shape index (κ1) is 21.4. The molecule has 1 aliphatic heterocycles. The topological polar surface area (TPSA) is 145 Å². The number of nitrogens with two attached hydrogens (primary N) is 1. The molecular formula is C21H25N7O4. The highest BCUT2D eigenvalue weighted by Gasteiger charge is 2.27. The Bertz CT molecular complexity index is 1070. The van der Waals surface area contributed by atoms with E-state index < -0.39 is 10.6 Å². The molecule has 0 unspecified atom stereocenters. The van der Waals surface area contributed by atoms with Crippen LogP contribution in [0.2, 0.25) is 0 Å². The second kappa shape index (κ2) is 9.52. The Morgan fingerprint density at radius 2 is 2.03 bits per heavy atom. The molecule has 1 saturated heterocycles. The Labute approximate surface area is 184 Å². The number of nitrogens with zero attached hydrogens (tertiary/aromatic N) is 4. The molecule has 11 heteroatoms. The number of hydrogen-bond acceptors (Lipinski definition) is 10. The smallest absolute Gasteiger partial charge is 0.353 e. The minimum absolute atomic E-state index is 0.0156. The van der Waals surface area contributed by atoms with Crippen LogP contribution in [0.5, 0.6) is 5.75 Å². The van der Waals surface area contributed by atoms with E-state index in [4.69, 9.17) is 14.9 Å². The van der Waals surface area contributed by atoms with Crippen molar-refractivity contribution in [2.75, 3.05) is 43.1 Å². The molecule has 0 radical (unpaired) electrons. The fourth-order valence-electron chi connectivity index (χ4n) is 3.83. The van der Waals surface area contributed by atoms with Gasteiger partial charge in [0.2, 0.25) is 17.6 Å². The van der Waals surface area contributed by atoms with Crippen molar-refractivity contribution in [1.29, 1.82) is 0 Å². The summed E-state index contributed by atoms with van der Waals surface area (Å²) < 4.78 is 11.0. The molecule has 0 spiro atoms. The second-order valence-electron chi connectivity index (χ2n) is 7.37. The average Bonchev–Trinajstić information content (AvgIpc) is 3.49. The van der Waals surface area contributed by atoms with Crippen LogP contribution in [0.1, 0.15) is 24.6 Å². The molecule has 3 heterocycles. The predicted molar refractivity (Wildman–Crippen MR) is 120 cm³/mol. The summed E-state index contributed by atoms with van der Waals surface area (Å²) in [4.78, 5) is 21.8. The Morgan fingerprint density at radius 3 is 2.72 bits per heavy atom. The van der Waals surface area contributed by atoms with Crippen LogP contribution in [0.15, 0.2) is 47.1 Å². The van der Waals surface area contributed by atoms with Crippen molar-refractivity contribution in [1.82, 2.24) is 14.9 Å². The second-order valence-corrected chi connectivity index (χ2v) is 7.37. The number of furan rings is 1. The summed E-state index contributed by atoms with van der Waals surface area (Å²) in [5.74, 6) is 1.27. The Hall–Kier alpha value is -3.86. The molecule has 1 aromatic carbocycles. The summed E-state index contributed by atoms with van der Waals surface area (Å²) >= 11 is 0. The van der Waals surface area contributed by atoms with E-state index in [1.165, 1.54) is 7.11 Å². The summed E-state index contributed by atoms with van der Waals surface area (Å²) in [6.45, 7) is 2.40. The van der Waals surface area contributed by atoms with Crippen LogP contribution in [-0.2, 0) is 0 Å². The van der Waals surface area contributed by atoms with Crippen molar-refractivity contribution in [3.63, 3.8) is 0 Å². The van der Waals surface area contributed by atoms with Crippen LogP contribution in [0, 0.1) is 10.1 Å². The van der Waals surface area contributed by atoms with Gasteiger partial charge in [-0.05, 0) is 50.2 Å². The molecule has 11 nitrogen and oxygen atoms in total. The maximum Gasteiger partial charge on any atom is 0.353 e. The van der Waals surface area contributed by atoms with Gasteiger partial charge in [-0.1, -0.05) is 12.1 Å². The van der Waals surface area contributed by atoms with Gasteiger partial charge < -0.3 is 25.5 Å². The number of hydrogen-bond donors (Lipinski definition) is 3. The molecule has 4 N–H and O–H groups in total. The number of likely N-dealkylation sites (tertiary alicyclic amines) is 1. The lowest BCUT2D eigenvalue weighted by atomic mass is 10.2. The molecule has 1 fully saturated rings. The third-order valence-electron chi connectivity index (χ3n) is 5.36. The lowest BCUT2D eigenvalue weighted by Gasteiger charge is -2.26. The third kappa shape index (κ3) is 4.57. The number of nitro groups is 1. The fourth-order valence-corrected chi connectivity index (χ4v) is 3.83. The molecule has 168 valence electrons. The van der Waals surface area contributed by atoms with Gasteiger partial charge in [-0.2, -0.15) is 9.97 Å². The third-order valence-corrected chi connectivity index (χ3v) is 5.36. The van der Waals surface area contributed by atoms with Crippen LogP contribution < -0.4 is 21.1 Å². The van der Waals surface area contributed by atoms with Gasteiger partial charge in [0, 0.05) is 6.54 Å². The van der Waals surface area contributed by atoms with Crippen LogP contribution in [0.25, 0.3) is 0 Å². The standard InChI is InChI=1S/C21H25N7O4/c1-31-16-8-3-2-7-14(16)24-20-18(28(29)30)19(22)25-21(26-20)23-13-15(17-9-6-12-32-17)27-10-4-5-11-27/h2-3,6-9,12,15H,4-5,10-11,13H2,1H3,(H4,22,23,24,25,26)/t15-/m0/s1. The zero-order chi connectivity index (χ0) is 22.5. The van der Waals surface area contributed by atoms with E-state index in [1.54, 1.807) is 30.5 Å². The van der Waals surface area contributed by atoms with Crippen molar-refractivity contribution in [2.24, 2.45) is 0 Å². The van der Waals surface area contributed by atoms with E-state index in [0.717, 1.165) is 31.7 Å². The molecule has 0 amide bonds. The van der Waals surface area contributed by atoms with Gasteiger partial charge in [0.1, 0.15) is 11.5 Å². The molecule has 32 heavy (non-hydrogen) atoms. The van der Waals surface area contributed by atoms with E-state index in [2.05, 4.69) is 25.5 Å². The summed E-state index contributed by atoms with van der Waals surface area (Å²) in [7, 11) is 1.52. The van der Waals surface area contributed by atoms with Crippen molar-refractivity contribution in [3.05, 3.63) is 58.5 Å². The zero-order valence-electron chi connectivity index (χ0n) is 17.7. The molecule has 1 atom stereocenters. The summed E-state index contributed by atoms with van der Waals surface area (Å²) in [5.41, 5.74) is 6.06. The van der Waals surface area contributed by atoms with E-state index in [-0.39, 0.29) is 23.6 Å². The van der Waals surface area contributed by atoms with Gasteiger partial charge in [0.05, 0.1) is 30.0 Å². The van der Waals surface area contributed by atoms with Crippen molar-refractivity contribution < 1.29 is 14.1 Å². The average molecular weight is 439 g/mol. The molecule has 4 rings (SSSR count). The van der Waals surface area contributed by atoms with Gasteiger partial charge in [-0.15, -0.1) is 0 Å². The number of methoxy groups -OCH3 is 1. The van der Waals surface area contributed by atoms with Crippen LogP contribution >= 0.6 is 0 Å². The van der Waals surface area contributed by atoms with E-state index >= 15 is 0 Å². The molecular weight excluding hydrogens is 414 g/mol. The highest BCUT2D eigenvalue weighted by atomic mass is 16.6. The fraction of sp³-hybridized carbons (Fsp3) is 0.333. The largest absolute Gasteiger partial charge is 0.495 e. The maximum atomic E-state index is 11.6. The number of benzene rings is 1. The first-order valence-electron chi connectivity index (χ1n) is 10.3. The van der Waals surface area contributed by atoms with Crippen molar-refractivity contribution in [3.8, 4) is 5.75 Å². The number of nitrogens with one attached hydrogen (secondary N) is 2. The molecule has 2 aromatic heterocycles. The Morgan fingerprint density at radius 1 is 1.25 bits per heavy atom. The minimum Gasteiger partial charge on any atom is -0.495 e. The molecule has 0 saturated carbocycles. The van der Waals surface area contributed by atoms with Crippen molar-refractivity contribution >= 4 is 29.0 Å². The van der Waals surface area contributed by atoms with Gasteiger partial charge in [0.25, 0.3) is 0 Å². The number of ether oxygens (including phenoxy) is 1. The van der Waals surface area contributed by atoms with Crippen molar-refractivity contribution in [2.45, 2.75) is 18.9 Å². The van der Waals surface area contributed by atoms with Gasteiger partial charge in [0.15, 0.2) is 0 Å². The summed E-state index contributed by atoms with van der Waals surface area (Å²) in [6.07, 6.45) is 3.91. The van der Waals surface area contributed by atoms with Gasteiger partial charge >= 0.3 is 5.69 Å². The Balaban J connectivity index is 1.61. The van der Waals surface area contributed by atoms with Gasteiger partial charge in [-0.25, -0.2) is 0 Å². The van der Waals surface area contributed by atoms with E-state index in [0.29, 0.717) is 18.0 Å². The molecule has 3 aromatic rings. The van der Waals surface area contributed by atoms with E-state index in [9.17, 15) is 10.1 Å². The SMILES string of the molecule is COc1ccccc1Nc1nc(NC[C@@H](c2ccco2)N2CCCC2)nc(N)c1[N+](=O)[O-]. The zero-order valence-corrected chi connectivity index (χ0v) is 17.7. The first-order valence-corrected chi connectivity index (χ1v) is 10.3. The summed E-state index contributed by atoms with van der Waals surface area (Å²) in [5, 5.41) is 17.8. The predicted octanol–water partition coefficient (Wildman–Crippen LogP) is 3.56. The number of nitrogen functional groups attached to an aromatic ring is 1. The lowest BCUT2D eigenvalue weighted by molar-refractivity contribution is -0.383. The van der Waals surface area contributed by atoms with Crippen LogP contribution in [-0.4, -0.2) is 46.5 Å². The lowest BCUT2D eigenvalue weighted by Crippen LogP contribution is -2.31. The highest BCUT2D eigenvalue weighted by Crippen LogP contribution is 2.34. The quantitative estimate of drug-likeness (QED) is 0.334. The summed E-state index contributed by atoms with van der Waals surface area (Å²) in [6, 6.07) is 10.8. The number of aromatic nitrogens is 2. The Kier molecular flexibility index (Phi) is 6.36. The number of anilines is 4. The number of rotatable bonds is 9. The normalized spacial score (nSPS) is 14.8. The highest BCUT2D eigenvalue weighted by molar-refractivity contribution is 5.76. The molecule has 0 bridgehead atoms. The minimum atomic E-state index is -0.604. The van der Waals surface area contributed by atoms with E-state index in [1.807, 2.05) is 12.1 Å². The number of para-hydroxylation sites is 2. The molecule has 1 aliphatic rings. The first-order chi connectivity index (χ1) is 15.6. The van der Waals surface area contributed by atoms with Gasteiger partial charge in [-0.3, -0.25) is 15.0 Å². The maximum absolute atomic E-state index is 11.6. The van der Waals surface area contributed by atoms with Crippen LogP contribution in [0.4, 0.5) is 29.0 Å². The molecule has 0 aliphatic carbocycles. The monoisotopic (exact) mass is 439 g/mol.